The van der Waals surface area contributed by atoms with Gasteiger partial charge >= 0.3 is 0 Å². The Bertz CT molecular complexity index is 960. The fourth-order valence-electron chi connectivity index (χ4n) is 2.94. The highest BCUT2D eigenvalue weighted by Crippen LogP contribution is 2.30. The summed E-state index contributed by atoms with van der Waals surface area (Å²) >= 11 is 0. The summed E-state index contributed by atoms with van der Waals surface area (Å²) in [6, 6.07) is 11.4. The molecule has 0 radical (unpaired) electrons. The average molecular weight is 437 g/mol. The molecular weight excluding hydrogens is 408 g/mol. The molecule has 0 bridgehead atoms. The van der Waals surface area contributed by atoms with Gasteiger partial charge in [0.15, 0.2) is 11.5 Å². The Morgan fingerprint density at radius 1 is 1.00 bits per heavy atom. The Morgan fingerprint density at radius 3 is 2.17 bits per heavy atom. The Hall–Kier alpha value is -2.78. The van der Waals surface area contributed by atoms with Crippen LogP contribution in [0.25, 0.3) is 0 Å². The molecule has 0 aliphatic rings. The van der Waals surface area contributed by atoms with Crippen molar-refractivity contribution in [3.8, 4) is 17.2 Å². The third kappa shape index (κ3) is 5.43. The number of likely N-dealkylation sites (N-methyl/N-ethyl adjacent to an activating group) is 1. The highest BCUT2D eigenvalue weighted by molar-refractivity contribution is 7.89. The summed E-state index contributed by atoms with van der Waals surface area (Å²) in [6.45, 7) is 1.63. The van der Waals surface area contributed by atoms with Crippen LogP contribution >= 0.6 is 0 Å². The first-order chi connectivity index (χ1) is 14.3. The number of hydrogen-bond donors (Lipinski definition) is 1. The van der Waals surface area contributed by atoms with E-state index >= 15 is 0 Å². The summed E-state index contributed by atoms with van der Waals surface area (Å²) in [6.07, 6.45) is 0.657. The van der Waals surface area contributed by atoms with E-state index in [1.807, 2.05) is 31.2 Å². The van der Waals surface area contributed by atoms with Crippen LogP contribution in [0.5, 0.6) is 17.2 Å². The van der Waals surface area contributed by atoms with Crippen molar-refractivity contribution in [1.29, 1.82) is 0 Å². The lowest BCUT2D eigenvalue weighted by Crippen LogP contribution is -2.39. The van der Waals surface area contributed by atoms with Gasteiger partial charge in [-0.2, -0.15) is 4.31 Å². The quantitative estimate of drug-likeness (QED) is 0.615. The summed E-state index contributed by atoms with van der Waals surface area (Å²) in [5, 5.41) is 2.89. The molecule has 0 aliphatic heterocycles. The van der Waals surface area contributed by atoms with E-state index in [-0.39, 0.29) is 17.5 Å². The Kier molecular flexibility index (Phi) is 8.08. The number of methoxy groups -OCH3 is 3. The molecule has 0 heterocycles. The van der Waals surface area contributed by atoms with Gasteiger partial charge in [-0.05, 0) is 36.2 Å². The molecule has 0 saturated heterocycles. The van der Waals surface area contributed by atoms with Crippen molar-refractivity contribution in [2.24, 2.45) is 0 Å². The smallest absolute Gasteiger partial charge is 0.243 e. The first-order valence-corrected chi connectivity index (χ1v) is 10.8. The minimum atomic E-state index is -3.89. The highest BCUT2D eigenvalue weighted by Gasteiger charge is 2.25. The summed E-state index contributed by atoms with van der Waals surface area (Å²) in [7, 11) is 1.95. The van der Waals surface area contributed by atoms with Crippen molar-refractivity contribution in [2.75, 3.05) is 34.9 Å². The number of hydrogen-bond acceptors (Lipinski definition) is 6. The number of nitrogens with zero attached hydrogens (tertiary/aromatic N) is 1. The second-order valence-corrected chi connectivity index (χ2v) is 8.62. The number of rotatable bonds is 10. The number of nitrogens with one attached hydrogen (secondary N) is 1. The molecule has 2 aromatic rings. The summed E-state index contributed by atoms with van der Waals surface area (Å²) in [5.41, 5.74) is 0.914. The first kappa shape index (κ1) is 23.5. The average Bonchev–Trinajstić information content (AvgIpc) is 2.76. The van der Waals surface area contributed by atoms with Gasteiger partial charge in [-0.1, -0.05) is 19.1 Å². The van der Waals surface area contributed by atoms with E-state index in [2.05, 4.69) is 5.32 Å². The zero-order valence-corrected chi connectivity index (χ0v) is 18.7. The molecule has 2 rings (SSSR count). The standard InChI is InChI=1S/C21H28N2O6S/c1-6-18(15-7-9-16(27-3)10-8-15)22-21(24)14-23(2)30(25,26)17-11-12-19(28-4)20(13-17)29-5/h7-13,18H,6,14H2,1-5H3,(H,22,24)/t18-/m0/s1. The van der Waals surface area contributed by atoms with E-state index in [0.717, 1.165) is 15.6 Å². The van der Waals surface area contributed by atoms with Crippen molar-refractivity contribution >= 4 is 15.9 Å². The van der Waals surface area contributed by atoms with Gasteiger partial charge in [0, 0.05) is 13.1 Å². The molecule has 1 amide bonds. The normalized spacial score (nSPS) is 12.3. The van der Waals surface area contributed by atoms with E-state index in [1.165, 1.54) is 39.5 Å². The lowest BCUT2D eigenvalue weighted by molar-refractivity contribution is -0.121. The van der Waals surface area contributed by atoms with Crippen LogP contribution in [0.15, 0.2) is 47.4 Å². The molecule has 0 saturated carbocycles. The van der Waals surface area contributed by atoms with Crippen LogP contribution in [-0.2, 0) is 14.8 Å². The minimum Gasteiger partial charge on any atom is -0.497 e. The molecular formula is C21H28N2O6S. The van der Waals surface area contributed by atoms with E-state index in [9.17, 15) is 13.2 Å². The minimum absolute atomic E-state index is 0.0117. The highest BCUT2D eigenvalue weighted by atomic mass is 32.2. The topological polar surface area (TPSA) is 94.2 Å². The largest absolute Gasteiger partial charge is 0.497 e. The maximum Gasteiger partial charge on any atom is 0.243 e. The maximum absolute atomic E-state index is 12.9. The van der Waals surface area contributed by atoms with Gasteiger partial charge < -0.3 is 19.5 Å². The molecule has 2 aromatic carbocycles. The van der Waals surface area contributed by atoms with Gasteiger partial charge in [-0.3, -0.25) is 4.79 Å². The van der Waals surface area contributed by atoms with Gasteiger partial charge in [-0.15, -0.1) is 0 Å². The number of sulfonamides is 1. The van der Waals surface area contributed by atoms with Crippen LogP contribution in [-0.4, -0.2) is 53.6 Å². The molecule has 1 N–H and O–H groups in total. The summed E-state index contributed by atoms with van der Waals surface area (Å²) in [5.74, 6) is 1.04. The summed E-state index contributed by atoms with van der Waals surface area (Å²) < 4.78 is 42.2. The summed E-state index contributed by atoms with van der Waals surface area (Å²) in [4.78, 5) is 12.5. The van der Waals surface area contributed by atoms with Crippen LogP contribution in [0.1, 0.15) is 24.9 Å². The molecule has 8 nitrogen and oxygen atoms in total. The molecule has 0 fully saturated rings. The zero-order valence-electron chi connectivity index (χ0n) is 17.8. The zero-order chi connectivity index (χ0) is 22.3. The first-order valence-electron chi connectivity index (χ1n) is 9.38. The van der Waals surface area contributed by atoms with E-state index in [1.54, 1.807) is 7.11 Å². The van der Waals surface area contributed by atoms with Crippen LogP contribution in [0.2, 0.25) is 0 Å². The second-order valence-electron chi connectivity index (χ2n) is 6.58. The fourth-order valence-corrected chi connectivity index (χ4v) is 4.08. The van der Waals surface area contributed by atoms with E-state index in [0.29, 0.717) is 17.9 Å². The second kappa shape index (κ2) is 10.3. The van der Waals surface area contributed by atoms with E-state index in [4.69, 9.17) is 14.2 Å². The molecule has 164 valence electrons. The molecule has 0 aromatic heterocycles. The maximum atomic E-state index is 12.9. The SMILES string of the molecule is CC[C@H](NC(=O)CN(C)S(=O)(=O)c1ccc(OC)c(OC)c1)c1ccc(OC)cc1. The van der Waals surface area contributed by atoms with Gasteiger partial charge in [0.2, 0.25) is 15.9 Å². The van der Waals surface area contributed by atoms with Crippen LogP contribution < -0.4 is 19.5 Å². The lowest BCUT2D eigenvalue weighted by Gasteiger charge is -2.21. The molecule has 30 heavy (non-hydrogen) atoms. The third-order valence-corrected chi connectivity index (χ3v) is 6.49. The number of carbonyl (C=O) groups is 1. The fraction of sp³-hybridized carbons (Fsp3) is 0.381. The van der Waals surface area contributed by atoms with E-state index < -0.39 is 15.9 Å². The number of carbonyl (C=O) groups excluding carboxylic acids is 1. The van der Waals surface area contributed by atoms with Gasteiger partial charge in [0.25, 0.3) is 0 Å². The Morgan fingerprint density at radius 2 is 1.63 bits per heavy atom. The van der Waals surface area contributed by atoms with Gasteiger partial charge in [0.05, 0.1) is 38.8 Å². The van der Waals surface area contributed by atoms with Crippen molar-refractivity contribution in [2.45, 2.75) is 24.3 Å². The third-order valence-electron chi connectivity index (χ3n) is 4.69. The molecule has 0 unspecified atom stereocenters. The van der Waals surface area contributed by atoms with Crippen LogP contribution in [0.3, 0.4) is 0 Å². The molecule has 9 heteroatoms. The van der Waals surface area contributed by atoms with Crippen LogP contribution in [0, 0.1) is 0 Å². The van der Waals surface area contributed by atoms with Crippen molar-refractivity contribution in [3.05, 3.63) is 48.0 Å². The lowest BCUT2D eigenvalue weighted by atomic mass is 10.0. The van der Waals surface area contributed by atoms with Crippen LogP contribution in [0.4, 0.5) is 0 Å². The number of ether oxygens (including phenoxy) is 3. The number of amides is 1. The number of benzene rings is 2. The molecule has 0 aliphatic carbocycles. The van der Waals surface area contributed by atoms with Gasteiger partial charge in [-0.25, -0.2) is 8.42 Å². The Labute approximate surface area is 177 Å². The predicted octanol–water partition coefficient (Wildman–Crippen LogP) is 2.60. The molecule has 0 spiro atoms. The van der Waals surface area contributed by atoms with Gasteiger partial charge in [0.1, 0.15) is 5.75 Å². The predicted molar refractivity (Wildman–Crippen MR) is 114 cm³/mol. The van der Waals surface area contributed by atoms with Crippen molar-refractivity contribution < 1.29 is 27.4 Å². The van der Waals surface area contributed by atoms with Crippen molar-refractivity contribution in [3.63, 3.8) is 0 Å². The van der Waals surface area contributed by atoms with Crippen molar-refractivity contribution in [1.82, 2.24) is 9.62 Å². The Balaban J connectivity index is 2.11. The monoisotopic (exact) mass is 436 g/mol. The molecule has 1 atom stereocenters.